The second kappa shape index (κ2) is 38.8. The fraction of sp³-hybridized carbons (Fsp3) is 0.929. The molecule has 632 valence electrons. The third kappa shape index (κ3) is 21.9. The largest absolute Gasteiger partial charge is 0.397 e. The van der Waals surface area contributed by atoms with E-state index in [0.717, 1.165) is 27.7 Å². The first-order valence-corrected chi connectivity index (χ1v) is 36.2. The maximum Gasteiger partial charge on any atom is 0.397 e. The molecule has 0 spiro atoms. The molecular formula is C56H94N4O47S2. The normalized spacial score (nSPS) is 46.0. The predicted octanol–water partition coefficient (Wildman–Crippen LogP) is -18.2. The van der Waals surface area contributed by atoms with Crippen LogP contribution in [-0.4, -0.2) is 450 Å². The van der Waals surface area contributed by atoms with Crippen molar-refractivity contribution >= 4 is 44.4 Å². The molecule has 8 saturated heterocycles. The lowest BCUT2D eigenvalue weighted by Crippen LogP contribution is -2.71. The number of hydrogen-bond acceptors (Lipinski definition) is 45. The molecule has 109 heavy (non-hydrogen) atoms. The Labute approximate surface area is 616 Å². The van der Waals surface area contributed by atoms with Crippen molar-refractivity contribution in [3.63, 3.8) is 0 Å². The van der Waals surface area contributed by atoms with Crippen LogP contribution in [0.25, 0.3) is 0 Å². The summed E-state index contributed by atoms with van der Waals surface area (Å²) in [6.07, 6.45) is -79.1. The average Bonchev–Trinajstić information content (AvgIpc) is 0.769. The van der Waals surface area contributed by atoms with Crippen LogP contribution in [0.2, 0.25) is 0 Å². The highest BCUT2D eigenvalue weighted by atomic mass is 32.3. The highest BCUT2D eigenvalue weighted by molar-refractivity contribution is 7.81. The molecule has 0 aromatic carbocycles. The summed E-state index contributed by atoms with van der Waals surface area (Å²) in [5, 5.41) is 233. The van der Waals surface area contributed by atoms with Gasteiger partial charge in [0.15, 0.2) is 50.3 Å². The molecule has 8 aliphatic heterocycles. The van der Waals surface area contributed by atoms with Crippen LogP contribution in [0, 0.1) is 0 Å². The Morgan fingerprint density at radius 1 is 0.284 bits per heavy atom. The van der Waals surface area contributed by atoms with Crippen LogP contribution in [0.15, 0.2) is 0 Å². The zero-order valence-corrected chi connectivity index (χ0v) is 59.2. The quantitative estimate of drug-likeness (QED) is 0.0297. The highest BCUT2D eigenvalue weighted by Gasteiger charge is 2.60. The Morgan fingerprint density at radius 3 is 1.05 bits per heavy atom. The van der Waals surface area contributed by atoms with E-state index in [0.29, 0.717) is 0 Å². The number of hydrogen-bond donors (Lipinski definition) is 26. The summed E-state index contributed by atoms with van der Waals surface area (Å²) in [6, 6.07) is -7.65. The number of nitrogens with one attached hydrogen (secondary N) is 4. The van der Waals surface area contributed by atoms with E-state index in [9.17, 15) is 147 Å². The van der Waals surface area contributed by atoms with Crippen LogP contribution in [0.4, 0.5) is 0 Å². The lowest BCUT2D eigenvalue weighted by molar-refractivity contribution is -0.398. The lowest BCUT2D eigenvalue weighted by atomic mass is 9.93. The van der Waals surface area contributed by atoms with E-state index in [4.69, 9.17) is 71.1 Å². The summed E-state index contributed by atoms with van der Waals surface area (Å²) in [4.78, 5) is 50.5. The molecule has 51 nitrogen and oxygen atoms in total. The summed E-state index contributed by atoms with van der Waals surface area (Å²) in [5.74, 6) is -3.78. The van der Waals surface area contributed by atoms with Crippen LogP contribution >= 0.6 is 0 Å². The summed E-state index contributed by atoms with van der Waals surface area (Å²) in [6.45, 7) is -5.95. The van der Waals surface area contributed by atoms with Crippen molar-refractivity contribution in [3.8, 4) is 0 Å². The molecule has 8 fully saturated rings. The Bertz CT molecular complexity index is 3180. The number of amides is 4. The first-order valence-electron chi connectivity index (χ1n) is 33.4. The first-order chi connectivity index (χ1) is 51.1. The third-order valence-corrected chi connectivity index (χ3v) is 19.5. The fourth-order valence-corrected chi connectivity index (χ4v) is 13.9. The van der Waals surface area contributed by atoms with Crippen LogP contribution in [0.5, 0.6) is 0 Å². The second-order valence-corrected chi connectivity index (χ2v) is 28.6. The smallest absolute Gasteiger partial charge is 0.394 e. The highest BCUT2D eigenvalue weighted by Crippen LogP contribution is 2.39. The lowest BCUT2D eigenvalue weighted by Gasteiger charge is -2.51. The molecular weight excluding hydrogens is 1540 g/mol. The molecule has 0 bridgehead atoms. The van der Waals surface area contributed by atoms with Crippen molar-refractivity contribution in [1.29, 1.82) is 0 Å². The molecule has 0 aromatic rings. The minimum atomic E-state index is -5.50. The Balaban J connectivity index is 1.17. The molecule has 0 aliphatic carbocycles. The van der Waals surface area contributed by atoms with Gasteiger partial charge in [-0.25, -0.2) is 8.37 Å². The van der Waals surface area contributed by atoms with Gasteiger partial charge in [0.1, 0.15) is 195 Å². The molecule has 8 heterocycles. The zero-order chi connectivity index (χ0) is 80.9. The van der Waals surface area contributed by atoms with Crippen molar-refractivity contribution in [2.45, 2.75) is 273 Å². The summed E-state index contributed by atoms with van der Waals surface area (Å²) < 4.78 is 163. The van der Waals surface area contributed by atoms with E-state index in [2.05, 4.69) is 29.6 Å². The molecule has 26 N–H and O–H groups in total. The first kappa shape index (κ1) is 90.8. The van der Waals surface area contributed by atoms with Gasteiger partial charge in [0.05, 0.1) is 52.9 Å². The maximum absolute atomic E-state index is 13.0. The number of aliphatic hydroxyl groups excluding tert-OH is 20. The van der Waals surface area contributed by atoms with E-state index in [-0.39, 0.29) is 0 Å². The van der Waals surface area contributed by atoms with Crippen LogP contribution < -0.4 is 21.3 Å². The predicted molar refractivity (Wildman–Crippen MR) is 332 cm³/mol. The molecule has 0 saturated carbocycles. The van der Waals surface area contributed by atoms with E-state index in [1.54, 1.807) is 0 Å². The van der Waals surface area contributed by atoms with Gasteiger partial charge in [-0.1, -0.05) is 0 Å². The third-order valence-electron chi connectivity index (χ3n) is 18.7. The van der Waals surface area contributed by atoms with E-state index in [1.165, 1.54) is 0 Å². The van der Waals surface area contributed by atoms with E-state index < -0.39 is 343 Å². The summed E-state index contributed by atoms with van der Waals surface area (Å²) in [7, 11) is -10.8. The molecule has 8 aliphatic rings. The Hall–Kier alpha value is -3.78. The van der Waals surface area contributed by atoms with Crippen molar-refractivity contribution in [1.82, 2.24) is 21.3 Å². The number of aliphatic hydroxyl groups is 20. The van der Waals surface area contributed by atoms with E-state index >= 15 is 0 Å². The summed E-state index contributed by atoms with van der Waals surface area (Å²) >= 11 is 0. The minimum absolute atomic E-state index is 0.805. The Morgan fingerprint density at radius 2 is 0.587 bits per heavy atom. The number of carbonyl (C=O) groups excluding carboxylic acids is 4. The average molecular weight is 1640 g/mol. The molecule has 53 heteroatoms. The van der Waals surface area contributed by atoms with Gasteiger partial charge < -0.3 is 194 Å². The van der Waals surface area contributed by atoms with Crippen LogP contribution in [0.3, 0.4) is 0 Å². The van der Waals surface area contributed by atoms with Gasteiger partial charge in [0.2, 0.25) is 23.6 Å². The number of rotatable bonds is 30. The maximum atomic E-state index is 13.0. The molecule has 0 radical (unpaired) electrons. The van der Waals surface area contributed by atoms with Crippen molar-refractivity contribution in [2.75, 3.05) is 52.9 Å². The van der Waals surface area contributed by atoms with E-state index in [1.807, 2.05) is 0 Å². The van der Waals surface area contributed by atoms with Crippen LogP contribution in [-0.2, 0) is 119 Å². The van der Waals surface area contributed by atoms with Crippen molar-refractivity contribution in [3.05, 3.63) is 0 Å². The monoisotopic (exact) mass is 1640 g/mol. The SMILES string of the molecule is CC(=O)N[C@@H]1[C@H](O[C@H]2[C@H](O)[C@@H](NC(C)=O)[C@H](O)O[C@@H]2CO)O[C@H](CO)[C@@H](O[C@@H]2O[C@H](CO[C@H]3O[C@H](CO)[C@@H](O)[C@H](O)[C@@H]3O[C@@H]3O[C@H](COS(=O)(=O)O)[C@@H](O)[C@H](O)[C@H]3NC(C)=O)[C@@H](O)[C@H](O[C@H]3O[C@H](CO)[C@@H](O)[C@H](O)[C@@H]3O[C@@H]3O[C@H](COS(=O)(=O)O)[C@@H](O[C@@H]4O[C@H](CO)[C@H](O)[C@H](O)[C@H]4O)[C@H](O)[C@H]3NC(C)=O)[C@@H]2O)[C@@H]1O. The molecule has 8 rings (SSSR count). The van der Waals surface area contributed by atoms with Gasteiger partial charge in [-0.15, -0.1) is 0 Å². The van der Waals surface area contributed by atoms with Gasteiger partial charge >= 0.3 is 20.8 Å². The van der Waals surface area contributed by atoms with Crippen molar-refractivity contribution < 1.29 is 227 Å². The molecule has 0 unspecified atom stereocenters. The molecule has 0 aromatic heterocycles. The summed E-state index contributed by atoms with van der Waals surface area (Å²) in [5.41, 5.74) is 0. The number of carbonyl (C=O) groups is 4. The van der Waals surface area contributed by atoms with Gasteiger partial charge in [0.25, 0.3) is 0 Å². The Kier molecular flexibility index (Phi) is 32.3. The molecule has 4 amide bonds. The van der Waals surface area contributed by atoms with Gasteiger partial charge in [-0.3, -0.25) is 28.3 Å². The second-order valence-electron chi connectivity index (χ2n) is 26.4. The van der Waals surface area contributed by atoms with Gasteiger partial charge in [0, 0.05) is 27.7 Å². The van der Waals surface area contributed by atoms with Crippen LogP contribution in [0.1, 0.15) is 27.7 Å². The molecule has 40 atom stereocenters. The fourth-order valence-electron chi connectivity index (χ4n) is 13.2. The standard InChI is InChI=1S/C56H94N4O47S2/c1-13(66)57-25-35(76)43(20(8-64)94-49(25)84)102-51-27(59-15(3)68)36(77)44(21(9-65)98-51)103-54-42(83)46(33(74)22(100-54)10-91-55-47(39(80)30(71)18(6-62)96-55)106-50-26(58-14(2)67)34(75)32(73)23(99-50)11-92-108(85,86)87)105-56-48(40(81)31(72)19(7-63)97-56)107-52-28(60-16(4)69)37(78)45(24(101-52)12-93-109(88,89)90)104-53-41(82)38(79)29(70)17(5-61)95-53/h17-56,61-65,70-84H,5-12H2,1-4H3,(H,57,66)(H,58,67)(H,59,68)(H,60,69)(H,85,86,87)(H,88,89,90)/t17-,18-,19-,20-,21-,22-,23-,24-,25-,26-,27+,28-,29+,30-,31-,32-,33-,34-,35-,36-,37-,38+,39+,40+,41-,42+,43-,44-,45-,46+,47+,48+,49-,50+,51+,52+,53+,54+,55+,56-/m1/s1. The van der Waals surface area contributed by atoms with Crippen molar-refractivity contribution in [2.24, 2.45) is 0 Å². The minimum Gasteiger partial charge on any atom is -0.394 e. The zero-order valence-electron chi connectivity index (χ0n) is 57.6. The van der Waals surface area contributed by atoms with Gasteiger partial charge in [-0.05, 0) is 0 Å². The van der Waals surface area contributed by atoms with Gasteiger partial charge in [-0.2, -0.15) is 16.8 Å². The topological polar surface area (TPSA) is 787 Å². The number of ether oxygens (including phenoxy) is 15.